The molecule has 2 N–H and O–H groups in total. The molecule has 1 aromatic rings. The van der Waals surface area contributed by atoms with Gasteiger partial charge in [0.25, 0.3) is 6.20 Å². The zero-order chi connectivity index (χ0) is 11.3. The van der Waals surface area contributed by atoms with E-state index in [-0.39, 0.29) is 0 Å². The van der Waals surface area contributed by atoms with Crippen LogP contribution < -0.4 is 10.6 Å². The lowest BCUT2D eigenvalue weighted by Crippen LogP contribution is -2.16. The molecule has 0 aliphatic heterocycles. The fraction of sp³-hybridized carbons (Fsp3) is 0.200. The Hall–Kier alpha value is -2.04. The van der Waals surface area contributed by atoms with E-state index in [0.29, 0.717) is 5.82 Å². The Morgan fingerprint density at radius 1 is 1.40 bits per heavy atom. The van der Waals surface area contributed by atoms with Crippen LogP contribution in [0, 0.1) is 17.0 Å². The molecule has 0 aliphatic carbocycles. The molecule has 0 heterocycles. The predicted octanol–water partition coefficient (Wildman–Crippen LogP) is 1.70. The van der Waals surface area contributed by atoms with Gasteiger partial charge in [-0.25, -0.2) is 0 Å². The maximum atomic E-state index is 10.3. The summed E-state index contributed by atoms with van der Waals surface area (Å²) < 4.78 is 0. The number of rotatable bonds is 4. The number of nitro groups is 1. The van der Waals surface area contributed by atoms with Crippen LogP contribution in [0.3, 0.4) is 0 Å². The van der Waals surface area contributed by atoms with Gasteiger partial charge in [-0.05, 0) is 19.1 Å². The molecule has 5 nitrogen and oxygen atoms in total. The van der Waals surface area contributed by atoms with Crippen molar-refractivity contribution in [3.05, 3.63) is 52.0 Å². The van der Waals surface area contributed by atoms with Crippen molar-refractivity contribution in [1.29, 1.82) is 0 Å². The molecule has 15 heavy (non-hydrogen) atoms. The topological polar surface area (TPSA) is 67.2 Å². The van der Waals surface area contributed by atoms with Crippen molar-refractivity contribution in [2.75, 3.05) is 12.4 Å². The van der Waals surface area contributed by atoms with Crippen LogP contribution in [0.15, 0.2) is 36.3 Å². The summed E-state index contributed by atoms with van der Waals surface area (Å²) in [5, 5.41) is 15.9. The van der Waals surface area contributed by atoms with E-state index < -0.39 is 4.92 Å². The van der Waals surface area contributed by atoms with Gasteiger partial charge in [0.15, 0.2) is 5.82 Å². The maximum absolute atomic E-state index is 10.3. The highest BCUT2D eigenvalue weighted by atomic mass is 16.6. The molecule has 0 spiro atoms. The minimum atomic E-state index is -0.507. The van der Waals surface area contributed by atoms with Crippen molar-refractivity contribution in [3.8, 4) is 0 Å². The molecule has 5 heteroatoms. The van der Waals surface area contributed by atoms with E-state index >= 15 is 0 Å². The molecular formula is C10H13N3O2. The Balaban J connectivity index is 2.75. The summed E-state index contributed by atoms with van der Waals surface area (Å²) in [7, 11) is 1.62. The molecule has 0 bridgehead atoms. The van der Waals surface area contributed by atoms with Gasteiger partial charge in [0.2, 0.25) is 0 Å². The Morgan fingerprint density at radius 3 is 2.47 bits per heavy atom. The van der Waals surface area contributed by atoms with Gasteiger partial charge in [-0.2, -0.15) is 0 Å². The highest BCUT2D eigenvalue weighted by Crippen LogP contribution is 2.10. The van der Waals surface area contributed by atoms with Crippen LogP contribution in [0.2, 0.25) is 0 Å². The average Bonchev–Trinajstić information content (AvgIpc) is 2.19. The molecule has 0 saturated heterocycles. The second-order valence-corrected chi connectivity index (χ2v) is 3.07. The molecule has 1 rings (SSSR count). The van der Waals surface area contributed by atoms with Gasteiger partial charge in [-0.15, -0.1) is 0 Å². The van der Waals surface area contributed by atoms with Gasteiger partial charge in [-0.3, -0.25) is 10.1 Å². The highest BCUT2D eigenvalue weighted by Gasteiger charge is 2.00. The average molecular weight is 207 g/mol. The first kappa shape index (κ1) is 11.0. The third kappa shape index (κ3) is 3.68. The van der Waals surface area contributed by atoms with Crippen molar-refractivity contribution in [1.82, 2.24) is 5.32 Å². The zero-order valence-electron chi connectivity index (χ0n) is 8.65. The fourth-order valence-electron chi connectivity index (χ4n) is 1.06. The minimum Gasteiger partial charge on any atom is -0.370 e. The molecular weight excluding hydrogens is 194 g/mol. The standard InChI is InChI=1S/C10H13N3O2/c1-8-3-5-9(6-4-8)12-10(11-2)7-13(14)15/h3-7,11-12H,1-2H3/b10-7+. The van der Waals surface area contributed by atoms with E-state index in [4.69, 9.17) is 0 Å². The lowest BCUT2D eigenvalue weighted by Gasteiger charge is -2.07. The smallest absolute Gasteiger partial charge is 0.274 e. The van der Waals surface area contributed by atoms with Crippen LogP contribution >= 0.6 is 0 Å². The molecule has 0 radical (unpaired) electrons. The van der Waals surface area contributed by atoms with Gasteiger partial charge in [0.1, 0.15) is 0 Å². The van der Waals surface area contributed by atoms with E-state index in [1.54, 1.807) is 7.05 Å². The molecule has 0 atom stereocenters. The monoisotopic (exact) mass is 207 g/mol. The van der Waals surface area contributed by atoms with Gasteiger partial charge in [0.05, 0.1) is 4.92 Å². The zero-order valence-corrected chi connectivity index (χ0v) is 8.65. The number of aryl methyl sites for hydroxylation is 1. The largest absolute Gasteiger partial charge is 0.370 e. The number of nitrogens with zero attached hydrogens (tertiary/aromatic N) is 1. The van der Waals surface area contributed by atoms with E-state index in [1.165, 1.54) is 0 Å². The first-order valence-electron chi connectivity index (χ1n) is 4.48. The number of anilines is 1. The van der Waals surface area contributed by atoms with Crippen molar-refractivity contribution in [3.63, 3.8) is 0 Å². The fourth-order valence-corrected chi connectivity index (χ4v) is 1.06. The number of nitrogens with one attached hydrogen (secondary N) is 2. The molecule has 0 fully saturated rings. The van der Waals surface area contributed by atoms with E-state index in [0.717, 1.165) is 17.5 Å². The normalized spacial score (nSPS) is 10.9. The Morgan fingerprint density at radius 2 is 2.00 bits per heavy atom. The molecule has 0 aromatic heterocycles. The second-order valence-electron chi connectivity index (χ2n) is 3.07. The summed E-state index contributed by atoms with van der Waals surface area (Å²) in [5.41, 5.74) is 1.95. The maximum Gasteiger partial charge on any atom is 0.274 e. The minimum absolute atomic E-state index is 0.351. The van der Waals surface area contributed by atoms with Crippen LogP contribution in [0.1, 0.15) is 5.56 Å². The van der Waals surface area contributed by atoms with E-state index in [9.17, 15) is 10.1 Å². The van der Waals surface area contributed by atoms with E-state index in [1.807, 2.05) is 31.2 Å². The highest BCUT2D eigenvalue weighted by molar-refractivity contribution is 5.48. The summed E-state index contributed by atoms with van der Waals surface area (Å²) in [6.45, 7) is 1.98. The predicted molar refractivity (Wildman–Crippen MR) is 58.9 cm³/mol. The summed E-state index contributed by atoms with van der Waals surface area (Å²) in [6, 6.07) is 7.59. The molecule has 1 aromatic carbocycles. The van der Waals surface area contributed by atoms with Gasteiger partial charge < -0.3 is 10.6 Å². The van der Waals surface area contributed by atoms with Crippen LogP contribution in [-0.4, -0.2) is 12.0 Å². The van der Waals surface area contributed by atoms with Crippen LogP contribution in [0.25, 0.3) is 0 Å². The summed E-state index contributed by atoms with van der Waals surface area (Å²) >= 11 is 0. The van der Waals surface area contributed by atoms with Crippen molar-refractivity contribution in [2.24, 2.45) is 0 Å². The first-order chi connectivity index (χ1) is 7.11. The molecule has 0 aliphatic rings. The van der Waals surface area contributed by atoms with E-state index in [2.05, 4.69) is 10.6 Å². The quantitative estimate of drug-likeness (QED) is 0.582. The van der Waals surface area contributed by atoms with Crippen molar-refractivity contribution < 1.29 is 4.92 Å². The number of benzene rings is 1. The molecule has 0 saturated carbocycles. The van der Waals surface area contributed by atoms with Crippen LogP contribution in [0.4, 0.5) is 5.69 Å². The third-order valence-corrected chi connectivity index (χ3v) is 1.83. The lowest BCUT2D eigenvalue weighted by atomic mass is 10.2. The number of hydrogen-bond donors (Lipinski definition) is 2. The Labute approximate surface area is 88.0 Å². The molecule has 0 amide bonds. The van der Waals surface area contributed by atoms with Gasteiger partial charge >= 0.3 is 0 Å². The third-order valence-electron chi connectivity index (χ3n) is 1.83. The lowest BCUT2D eigenvalue weighted by molar-refractivity contribution is -0.403. The molecule has 0 unspecified atom stereocenters. The molecule has 80 valence electrons. The summed E-state index contributed by atoms with van der Waals surface area (Å²) in [6.07, 6.45) is 0.889. The summed E-state index contributed by atoms with van der Waals surface area (Å²) in [4.78, 5) is 9.76. The second kappa shape index (κ2) is 4.99. The first-order valence-corrected chi connectivity index (χ1v) is 4.48. The van der Waals surface area contributed by atoms with Crippen molar-refractivity contribution >= 4 is 5.69 Å². The SMILES string of the molecule is CN/C(=C\[N+](=O)[O-])Nc1ccc(C)cc1. The van der Waals surface area contributed by atoms with Crippen LogP contribution in [-0.2, 0) is 0 Å². The Bertz CT molecular complexity index is 371. The number of hydrogen-bond acceptors (Lipinski definition) is 4. The Kier molecular flexibility index (Phi) is 3.68. The van der Waals surface area contributed by atoms with Gasteiger partial charge in [0, 0.05) is 12.7 Å². The summed E-state index contributed by atoms with van der Waals surface area (Å²) in [5.74, 6) is 0.351. The van der Waals surface area contributed by atoms with Crippen molar-refractivity contribution in [2.45, 2.75) is 6.92 Å². The van der Waals surface area contributed by atoms with Crippen LogP contribution in [0.5, 0.6) is 0 Å². The van der Waals surface area contributed by atoms with Gasteiger partial charge in [-0.1, -0.05) is 17.7 Å².